The molecular weight excluding hydrogens is 234 g/mol. The summed E-state index contributed by atoms with van der Waals surface area (Å²) in [4.78, 5) is 2.20. The lowest BCUT2D eigenvalue weighted by Gasteiger charge is -2.32. The average molecular weight is 253 g/mol. The molecule has 19 heavy (non-hydrogen) atoms. The maximum absolute atomic E-state index is 11.3. The van der Waals surface area contributed by atoms with Crippen molar-refractivity contribution in [2.45, 2.75) is 12.0 Å². The number of benzene rings is 2. The molecule has 0 aliphatic carbocycles. The van der Waals surface area contributed by atoms with E-state index in [4.69, 9.17) is 0 Å². The number of rotatable bonds is 1. The van der Waals surface area contributed by atoms with Crippen molar-refractivity contribution in [2.24, 2.45) is 0 Å². The van der Waals surface area contributed by atoms with Crippen LogP contribution in [-0.4, -0.2) is 30.1 Å². The van der Waals surface area contributed by atoms with Gasteiger partial charge in [0.1, 0.15) is 5.60 Å². The summed E-state index contributed by atoms with van der Waals surface area (Å²) >= 11 is 0. The van der Waals surface area contributed by atoms with E-state index in [1.165, 1.54) is 5.56 Å². The normalized spacial score (nSPS) is 23.7. The SMILES string of the molecule is CN1CCc2ccccc2C(O)(c2ccccc2)C1. The van der Waals surface area contributed by atoms with Crippen LogP contribution in [0.5, 0.6) is 0 Å². The molecule has 98 valence electrons. The third kappa shape index (κ3) is 2.18. The zero-order valence-electron chi connectivity index (χ0n) is 11.2. The number of fused-ring (bicyclic) bond motifs is 1. The van der Waals surface area contributed by atoms with E-state index in [-0.39, 0.29) is 0 Å². The van der Waals surface area contributed by atoms with Crippen molar-refractivity contribution in [1.82, 2.24) is 4.90 Å². The second kappa shape index (κ2) is 4.80. The van der Waals surface area contributed by atoms with Gasteiger partial charge in [0.05, 0.1) is 0 Å². The van der Waals surface area contributed by atoms with E-state index in [1.807, 2.05) is 36.4 Å². The summed E-state index contributed by atoms with van der Waals surface area (Å²) in [6.45, 7) is 1.61. The summed E-state index contributed by atoms with van der Waals surface area (Å²) in [6.07, 6.45) is 0.988. The molecule has 1 atom stereocenters. The van der Waals surface area contributed by atoms with Crippen LogP contribution in [0.25, 0.3) is 0 Å². The van der Waals surface area contributed by atoms with Gasteiger partial charge in [-0.15, -0.1) is 0 Å². The number of β-amino-alcohol motifs (C(OH)–C–C–N with tert-alkyl or cyclic N) is 1. The van der Waals surface area contributed by atoms with Crippen molar-refractivity contribution >= 4 is 0 Å². The van der Waals surface area contributed by atoms with Crippen LogP contribution >= 0.6 is 0 Å². The van der Waals surface area contributed by atoms with Gasteiger partial charge in [0.25, 0.3) is 0 Å². The smallest absolute Gasteiger partial charge is 0.127 e. The maximum Gasteiger partial charge on any atom is 0.127 e. The van der Waals surface area contributed by atoms with Gasteiger partial charge in [0, 0.05) is 13.1 Å². The molecule has 0 bridgehead atoms. The van der Waals surface area contributed by atoms with E-state index in [9.17, 15) is 5.11 Å². The van der Waals surface area contributed by atoms with Crippen LogP contribution in [0.3, 0.4) is 0 Å². The van der Waals surface area contributed by atoms with Crippen molar-refractivity contribution < 1.29 is 5.11 Å². The second-order valence-corrected chi connectivity index (χ2v) is 5.37. The van der Waals surface area contributed by atoms with E-state index >= 15 is 0 Å². The van der Waals surface area contributed by atoms with Gasteiger partial charge in [-0.2, -0.15) is 0 Å². The molecule has 0 amide bonds. The van der Waals surface area contributed by atoms with Gasteiger partial charge in [-0.25, -0.2) is 0 Å². The second-order valence-electron chi connectivity index (χ2n) is 5.37. The third-order valence-corrected chi connectivity index (χ3v) is 3.98. The molecule has 2 aromatic carbocycles. The van der Waals surface area contributed by atoms with E-state index in [0.717, 1.165) is 24.1 Å². The topological polar surface area (TPSA) is 23.5 Å². The monoisotopic (exact) mass is 253 g/mol. The minimum atomic E-state index is -0.914. The summed E-state index contributed by atoms with van der Waals surface area (Å²) in [6, 6.07) is 18.2. The first-order chi connectivity index (χ1) is 9.20. The predicted octanol–water partition coefficient (Wildman–Crippen LogP) is 2.41. The van der Waals surface area contributed by atoms with Crippen molar-refractivity contribution in [3.8, 4) is 0 Å². The van der Waals surface area contributed by atoms with Crippen LogP contribution in [0.15, 0.2) is 54.6 Å². The van der Waals surface area contributed by atoms with Gasteiger partial charge in [0.15, 0.2) is 0 Å². The Kier molecular flexibility index (Phi) is 3.13. The lowest BCUT2D eigenvalue weighted by Crippen LogP contribution is -2.39. The third-order valence-electron chi connectivity index (χ3n) is 3.98. The highest BCUT2D eigenvalue weighted by molar-refractivity contribution is 5.42. The first-order valence-electron chi connectivity index (χ1n) is 6.75. The minimum absolute atomic E-state index is 0.633. The number of hydrogen-bond donors (Lipinski definition) is 1. The van der Waals surface area contributed by atoms with E-state index in [1.54, 1.807) is 0 Å². The highest BCUT2D eigenvalue weighted by Gasteiger charge is 2.36. The molecule has 1 aliphatic heterocycles. The standard InChI is InChI=1S/C17H19NO/c1-18-12-11-14-7-5-6-10-16(14)17(19,13-18)15-8-3-2-4-9-15/h2-10,19H,11-13H2,1H3. The van der Waals surface area contributed by atoms with Gasteiger partial charge in [-0.1, -0.05) is 54.6 Å². The molecule has 0 saturated carbocycles. The largest absolute Gasteiger partial charge is 0.379 e. The Balaban J connectivity index is 2.17. The van der Waals surface area contributed by atoms with E-state index < -0.39 is 5.60 Å². The zero-order chi connectivity index (χ0) is 13.3. The van der Waals surface area contributed by atoms with Gasteiger partial charge >= 0.3 is 0 Å². The van der Waals surface area contributed by atoms with Crippen molar-refractivity contribution in [3.63, 3.8) is 0 Å². The van der Waals surface area contributed by atoms with Crippen LogP contribution in [-0.2, 0) is 12.0 Å². The Labute approximate surface area is 114 Å². The molecule has 1 heterocycles. The van der Waals surface area contributed by atoms with Crippen LogP contribution in [0, 0.1) is 0 Å². The molecule has 1 aliphatic rings. The Morgan fingerprint density at radius 3 is 2.47 bits per heavy atom. The first kappa shape index (κ1) is 12.4. The summed E-state index contributed by atoms with van der Waals surface area (Å²) in [5, 5.41) is 11.3. The van der Waals surface area contributed by atoms with Crippen LogP contribution in [0.1, 0.15) is 16.7 Å². The van der Waals surface area contributed by atoms with Crippen molar-refractivity contribution in [2.75, 3.05) is 20.1 Å². The number of likely N-dealkylation sites (N-methyl/N-ethyl adjacent to an activating group) is 1. The Hall–Kier alpha value is -1.64. The van der Waals surface area contributed by atoms with Gasteiger partial charge in [0.2, 0.25) is 0 Å². The van der Waals surface area contributed by atoms with Crippen molar-refractivity contribution in [1.29, 1.82) is 0 Å². The lowest BCUT2D eigenvalue weighted by molar-refractivity contribution is 0.0492. The number of aliphatic hydroxyl groups is 1. The van der Waals surface area contributed by atoms with Crippen LogP contribution in [0.2, 0.25) is 0 Å². The molecule has 1 N–H and O–H groups in total. The quantitative estimate of drug-likeness (QED) is 0.843. The fraction of sp³-hybridized carbons (Fsp3) is 0.294. The molecule has 2 heteroatoms. The zero-order valence-corrected chi connectivity index (χ0v) is 11.2. The fourth-order valence-electron chi connectivity index (χ4n) is 2.97. The molecule has 0 aromatic heterocycles. The van der Waals surface area contributed by atoms with Gasteiger partial charge in [-0.05, 0) is 30.2 Å². The number of nitrogens with zero attached hydrogens (tertiary/aromatic N) is 1. The summed E-state index contributed by atoms with van der Waals surface area (Å²) in [7, 11) is 2.07. The molecule has 2 nitrogen and oxygen atoms in total. The molecule has 2 aromatic rings. The summed E-state index contributed by atoms with van der Waals surface area (Å²) in [5.41, 5.74) is 2.35. The summed E-state index contributed by atoms with van der Waals surface area (Å²) in [5.74, 6) is 0. The number of hydrogen-bond acceptors (Lipinski definition) is 2. The Bertz CT molecular complexity index is 566. The van der Waals surface area contributed by atoms with E-state index in [2.05, 4.69) is 30.1 Å². The Morgan fingerprint density at radius 1 is 1.00 bits per heavy atom. The summed E-state index contributed by atoms with van der Waals surface area (Å²) < 4.78 is 0. The first-order valence-corrected chi connectivity index (χ1v) is 6.75. The highest BCUT2D eigenvalue weighted by Crippen LogP contribution is 2.34. The van der Waals surface area contributed by atoms with Gasteiger partial charge in [-0.3, -0.25) is 0 Å². The van der Waals surface area contributed by atoms with Gasteiger partial charge < -0.3 is 10.0 Å². The average Bonchev–Trinajstić information content (AvgIpc) is 2.58. The molecule has 0 saturated heterocycles. The highest BCUT2D eigenvalue weighted by atomic mass is 16.3. The minimum Gasteiger partial charge on any atom is -0.379 e. The predicted molar refractivity (Wildman–Crippen MR) is 77.1 cm³/mol. The van der Waals surface area contributed by atoms with Crippen LogP contribution < -0.4 is 0 Å². The fourth-order valence-corrected chi connectivity index (χ4v) is 2.97. The maximum atomic E-state index is 11.3. The molecule has 3 rings (SSSR count). The molecule has 0 radical (unpaired) electrons. The molecule has 0 spiro atoms. The van der Waals surface area contributed by atoms with Crippen LogP contribution in [0.4, 0.5) is 0 Å². The molecular formula is C17H19NO. The van der Waals surface area contributed by atoms with Crippen molar-refractivity contribution in [3.05, 3.63) is 71.3 Å². The molecule has 0 fully saturated rings. The Morgan fingerprint density at radius 2 is 1.68 bits per heavy atom. The molecule has 1 unspecified atom stereocenters. The van der Waals surface area contributed by atoms with E-state index in [0.29, 0.717) is 6.54 Å². The lowest BCUT2D eigenvalue weighted by atomic mass is 9.83.